The zero-order chi connectivity index (χ0) is 17.6. The lowest BCUT2D eigenvalue weighted by Gasteiger charge is -2.32. The van der Waals surface area contributed by atoms with Crippen LogP contribution >= 0.6 is 0 Å². The molecule has 1 aliphatic rings. The Morgan fingerprint density at radius 2 is 1.75 bits per heavy atom. The molecule has 0 spiro atoms. The van der Waals surface area contributed by atoms with Crippen LogP contribution in [-0.4, -0.2) is 77.8 Å². The Bertz CT molecular complexity index is 477. The second kappa shape index (κ2) is 8.74. The van der Waals surface area contributed by atoms with Gasteiger partial charge in [0.2, 0.25) is 5.95 Å². The molecule has 0 unspecified atom stereocenters. The van der Waals surface area contributed by atoms with E-state index in [1.807, 2.05) is 12.4 Å². The van der Waals surface area contributed by atoms with Crippen LogP contribution in [0.2, 0.25) is 0 Å². The smallest absolute Gasteiger partial charge is 0.225 e. The van der Waals surface area contributed by atoms with Crippen molar-refractivity contribution >= 4 is 5.95 Å². The van der Waals surface area contributed by atoms with Crippen LogP contribution in [0.15, 0.2) is 12.4 Å². The van der Waals surface area contributed by atoms with Gasteiger partial charge in [-0.15, -0.1) is 0 Å². The molecule has 1 aliphatic heterocycles. The highest BCUT2D eigenvalue weighted by Crippen LogP contribution is 2.18. The molecule has 1 fully saturated rings. The van der Waals surface area contributed by atoms with Crippen molar-refractivity contribution in [2.75, 3.05) is 57.8 Å². The summed E-state index contributed by atoms with van der Waals surface area (Å²) in [5, 5.41) is 9.12. The molecule has 6 heteroatoms. The zero-order valence-electron chi connectivity index (χ0n) is 15.7. The van der Waals surface area contributed by atoms with Crippen LogP contribution in [0.25, 0.3) is 0 Å². The first-order valence-electron chi connectivity index (χ1n) is 8.95. The number of nitrogens with zero attached hydrogens (tertiary/aromatic N) is 5. The van der Waals surface area contributed by atoms with Crippen LogP contribution in [0.4, 0.5) is 5.95 Å². The Kier molecular flexibility index (Phi) is 6.95. The van der Waals surface area contributed by atoms with E-state index in [-0.39, 0.29) is 12.0 Å². The maximum absolute atomic E-state index is 9.12. The van der Waals surface area contributed by atoms with Crippen LogP contribution in [0, 0.1) is 5.41 Å². The number of aliphatic hydroxyl groups is 1. The lowest BCUT2D eigenvalue weighted by atomic mass is 9.96. The third-order valence-electron chi connectivity index (χ3n) is 4.21. The second-order valence-electron chi connectivity index (χ2n) is 8.03. The van der Waals surface area contributed by atoms with Crippen molar-refractivity contribution in [1.29, 1.82) is 0 Å². The maximum atomic E-state index is 9.12. The molecule has 0 amide bonds. The van der Waals surface area contributed by atoms with Crippen molar-refractivity contribution in [2.24, 2.45) is 5.41 Å². The number of anilines is 1. The molecule has 0 saturated carbocycles. The number of aliphatic hydroxyl groups excluding tert-OH is 1. The van der Waals surface area contributed by atoms with E-state index in [1.165, 1.54) is 0 Å². The molecule has 1 N–H and O–H groups in total. The lowest BCUT2D eigenvalue weighted by Crippen LogP contribution is -2.45. The fourth-order valence-electron chi connectivity index (χ4n) is 3.04. The number of rotatable bonds is 7. The SMILES string of the molecule is CN1CCN(c2ncc(CN(CCCO)CC(C)(C)C)cn2)CC1. The Balaban J connectivity index is 1.95. The summed E-state index contributed by atoms with van der Waals surface area (Å²) < 4.78 is 0. The predicted molar refractivity (Wildman–Crippen MR) is 98.2 cm³/mol. The van der Waals surface area contributed by atoms with Gasteiger partial charge in [-0.1, -0.05) is 20.8 Å². The molecule has 0 radical (unpaired) electrons. The highest BCUT2D eigenvalue weighted by Gasteiger charge is 2.18. The highest BCUT2D eigenvalue weighted by molar-refractivity contribution is 5.30. The summed E-state index contributed by atoms with van der Waals surface area (Å²) in [5.74, 6) is 0.838. The fraction of sp³-hybridized carbons (Fsp3) is 0.778. The summed E-state index contributed by atoms with van der Waals surface area (Å²) in [6.07, 6.45) is 4.71. The lowest BCUT2D eigenvalue weighted by molar-refractivity contribution is 0.166. The van der Waals surface area contributed by atoms with Gasteiger partial charge in [-0.3, -0.25) is 4.90 Å². The summed E-state index contributed by atoms with van der Waals surface area (Å²) in [5.41, 5.74) is 1.37. The first kappa shape index (κ1) is 19.1. The number of aromatic nitrogens is 2. The summed E-state index contributed by atoms with van der Waals surface area (Å²) in [6.45, 7) is 13.8. The molecule has 2 rings (SSSR count). The van der Waals surface area contributed by atoms with E-state index < -0.39 is 0 Å². The monoisotopic (exact) mass is 335 g/mol. The van der Waals surface area contributed by atoms with Crippen molar-refractivity contribution in [2.45, 2.75) is 33.7 Å². The quantitative estimate of drug-likeness (QED) is 0.814. The molecule has 1 saturated heterocycles. The van der Waals surface area contributed by atoms with Crippen molar-refractivity contribution in [3.63, 3.8) is 0 Å². The summed E-state index contributed by atoms with van der Waals surface area (Å²) >= 11 is 0. The summed E-state index contributed by atoms with van der Waals surface area (Å²) in [4.78, 5) is 16.1. The minimum atomic E-state index is 0.232. The molecule has 2 heterocycles. The number of likely N-dealkylation sites (N-methyl/N-ethyl adjacent to an activating group) is 1. The number of hydrogen-bond donors (Lipinski definition) is 1. The van der Waals surface area contributed by atoms with Crippen LogP contribution < -0.4 is 4.90 Å². The third kappa shape index (κ3) is 6.34. The average molecular weight is 335 g/mol. The van der Waals surface area contributed by atoms with Gasteiger partial charge in [-0.2, -0.15) is 0 Å². The van der Waals surface area contributed by atoms with Crippen LogP contribution in [0.5, 0.6) is 0 Å². The Morgan fingerprint density at radius 1 is 1.12 bits per heavy atom. The molecule has 1 aromatic rings. The molecule has 136 valence electrons. The van der Waals surface area contributed by atoms with Gasteiger partial charge in [0, 0.05) is 70.4 Å². The van der Waals surface area contributed by atoms with E-state index in [4.69, 9.17) is 5.11 Å². The Labute approximate surface area is 146 Å². The van der Waals surface area contributed by atoms with Crippen molar-refractivity contribution in [3.8, 4) is 0 Å². The molecular weight excluding hydrogens is 302 g/mol. The number of hydrogen-bond acceptors (Lipinski definition) is 6. The first-order valence-corrected chi connectivity index (χ1v) is 8.95. The average Bonchev–Trinajstić information content (AvgIpc) is 2.53. The minimum Gasteiger partial charge on any atom is -0.396 e. The topological polar surface area (TPSA) is 55.7 Å². The molecule has 0 aromatic carbocycles. The molecule has 0 atom stereocenters. The van der Waals surface area contributed by atoms with E-state index in [0.29, 0.717) is 0 Å². The van der Waals surface area contributed by atoms with Gasteiger partial charge in [0.05, 0.1) is 0 Å². The normalized spacial score (nSPS) is 16.8. The van der Waals surface area contributed by atoms with E-state index in [0.717, 1.165) is 63.7 Å². The zero-order valence-corrected chi connectivity index (χ0v) is 15.7. The van der Waals surface area contributed by atoms with Gasteiger partial charge >= 0.3 is 0 Å². The molecular formula is C18H33N5O. The molecule has 1 aromatic heterocycles. The van der Waals surface area contributed by atoms with Crippen LogP contribution in [0.1, 0.15) is 32.8 Å². The predicted octanol–water partition coefficient (Wildman–Crippen LogP) is 1.46. The van der Waals surface area contributed by atoms with Crippen molar-refractivity contribution in [1.82, 2.24) is 19.8 Å². The third-order valence-corrected chi connectivity index (χ3v) is 4.21. The Morgan fingerprint density at radius 3 is 2.29 bits per heavy atom. The highest BCUT2D eigenvalue weighted by atomic mass is 16.3. The van der Waals surface area contributed by atoms with Crippen LogP contribution in [-0.2, 0) is 6.54 Å². The van der Waals surface area contributed by atoms with Crippen molar-refractivity contribution in [3.05, 3.63) is 18.0 Å². The largest absolute Gasteiger partial charge is 0.396 e. The number of piperazine rings is 1. The van der Waals surface area contributed by atoms with E-state index in [1.54, 1.807) is 0 Å². The molecule has 0 aliphatic carbocycles. The van der Waals surface area contributed by atoms with E-state index >= 15 is 0 Å². The Hall–Kier alpha value is -1.24. The van der Waals surface area contributed by atoms with Crippen LogP contribution in [0.3, 0.4) is 0 Å². The van der Waals surface area contributed by atoms with Crippen molar-refractivity contribution < 1.29 is 5.11 Å². The maximum Gasteiger partial charge on any atom is 0.225 e. The first-order chi connectivity index (χ1) is 11.4. The van der Waals surface area contributed by atoms with Gasteiger partial charge in [0.15, 0.2) is 0 Å². The van der Waals surface area contributed by atoms with Gasteiger partial charge in [-0.05, 0) is 18.9 Å². The van der Waals surface area contributed by atoms with Gasteiger partial charge in [0.1, 0.15) is 0 Å². The fourth-order valence-corrected chi connectivity index (χ4v) is 3.04. The molecule has 0 bridgehead atoms. The molecule has 24 heavy (non-hydrogen) atoms. The second-order valence-corrected chi connectivity index (χ2v) is 8.03. The molecule has 6 nitrogen and oxygen atoms in total. The standard InChI is InChI=1S/C18H33N5O/c1-18(2,3)15-22(6-5-11-24)14-16-12-19-17(20-13-16)23-9-7-21(4)8-10-23/h12-13,24H,5-11,14-15H2,1-4H3. The van der Waals surface area contributed by atoms with E-state index in [2.05, 4.69) is 52.5 Å². The van der Waals surface area contributed by atoms with Gasteiger partial charge in [-0.25, -0.2) is 9.97 Å². The summed E-state index contributed by atoms with van der Waals surface area (Å²) in [7, 11) is 2.15. The summed E-state index contributed by atoms with van der Waals surface area (Å²) in [6, 6.07) is 0. The van der Waals surface area contributed by atoms with Gasteiger partial charge in [0.25, 0.3) is 0 Å². The minimum absolute atomic E-state index is 0.232. The van der Waals surface area contributed by atoms with Gasteiger partial charge < -0.3 is 14.9 Å². The van der Waals surface area contributed by atoms with E-state index in [9.17, 15) is 0 Å².